The van der Waals surface area contributed by atoms with Crippen molar-refractivity contribution in [3.05, 3.63) is 36.1 Å². The Kier molecular flexibility index (Phi) is 5.13. The van der Waals surface area contributed by atoms with Gasteiger partial charge in [-0.2, -0.15) is 0 Å². The van der Waals surface area contributed by atoms with Crippen molar-refractivity contribution < 1.29 is 14.3 Å². The number of aliphatic hydroxyl groups is 1. The van der Waals surface area contributed by atoms with Gasteiger partial charge in [0.2, 0.25) is 0 Å². The van der Waals surface area contributed by atoms with Gasteiger partial charge in [0.15, 0.2) is 5.76 Å². The highest BCUT2D eigenvalue weighted by molar-refractivity contribution is 5.96. The molecule has 1 atom stereocenters. The Hall–Kier alpha value is -1.56. The van der Waals surface area contributed by atoms with E-state index in [4.69, 9.17) is 4.42 Å². The molecular formula is C18H23ClN2O3. The number of hydrogen-bond acceptors (Lipinski definition) is 4. The molecule has 1 aliphatic carbocycles. The number of rotatable bonds is 4. The van der Waals surface area contributed by atoms with Crippen molar-refractivity contribution in [2.24, 2.45) is 5.92 Å². The average Bonchev–Trinajstić information content (AvgIpc) is 3.34. The maximum atomic E-state index is 12.6. The molecule has 1 unspecified atom stereocenters. The van der Waals surface area contributed by atoms with E-state index in [0.29, 0.717) is 24.8 Å². The van der Waals surface area contributed by atoms with Crippen LogP contribution in [0.3, 0.4) is 0 Å². The quantitative estimate of drug-likeness (QED) is 0.919. The Morgan fingerprint density at radius 2 is 1.92 bits per heavy atom. The van der Waals surface area contributed by atoms with Gasteiger partial charge in [-0.25, -0.2) is 0 Å². The zero-order chi connectivity index (χ0) is 15.8. The lowest BCUT2D eigenvalue weighted by atomic mass is 10.2. The highest BCUT2D eigenvalue weighted by Crippen LogP contribution is 2.33. The molecule has 1 aromatic heterocycles. The molecule has 1 amide bonds. The summed E-state index contributed by atoms with van der Waals surface area (Å²) in [6.07, 6.45) is 2.12. The number of piperazine rings is 1. The number of carbonyl (C=O) groups excluding carboxylic acids is 1. The smallest absolute Gasteiger partial charge is 0.289 e. The third kappa shape index (κ3) is 3.58. The second-order valence-electron chi connectivity index (χ2n) is 6.65. The summed E-state index contributed by atoms with van der Waals surface area (Å²) in [5.74, 6) is 0.881. The van der Waals surface area contributed by atoms with E-state index < -0.39 is 0 Å². The average molecular weight is 351 g/mol. The largest absolute Gasteiger partial charge is 0.451 e. The van der Waals surface area contributed by atoms with Crippen molar-refractivity contribution in [2.45, 2.75) is 18.9 Å². The Bertz CT molecular complexity index is 672. The molecule has 2 heterocycles. The highest BCUT2D eigenvalue weighted by atomic mass is 35.5. The van der Waals surface area contributed by atoms with Gasteiger partial charge in [-0.3, -0.25) is 9.69 Å². The van der Waals surface area contributed by atoms with E-state index in [1.807, 2.05) is 35.2 Å². The molecule has 1 N–H and O–H groups in total. The number of aliphatic hydroxyl groups excluding tert-OH is 1. The summed E-state index contributed by atoms with van der Waals surface area (Å²) in [5, 5.41) is 11.0. The van der Waals surface area contributed by atoms with E-state index in [9.17, 15) is 9.90 Å². The number of hydrogen-bond donors (Lipinski definition) is 1. The fraction of sp³-hybridized carbons (Fsp3) is 0.500. The lowest BCUT2D eigenvalue weighted by Crippen LogP contribution is -2.50. The second kappa shape index (κ2) is 7.13. The zero-order valence-corrected chi connectivity index (χ0v) is 14.4. The zero-order valence-electron chi connectivity index (χ0n) is 13.6. The second-order valence-corrected chi connectivity index (χ2v) is 6.65. The van der Waals surface area contributed by atoms with Crippen LogP contribution in [0.2, 0.25) is 0 Å². The first-order valence-electron chi connectivity index (χ1n) is 8.39. The lowest BCUT2D eigenvalue weighted by molar-refractivity contribution is 0.0469. The van der Waals surface area contributed by atoms with Gasteiger partial charge < -0.3 is 14.4 Å². The van der Waals surface area contributed by atoms with Crippen molar-refractivity contribution >= 4 is 29.3 Å². The molecule has 130 valence electrons. The predicted octanol–water partition coefficient (Wildman–Crippen LogP) is 2.38. The third-order valence-electron chi connectivity index (χ3n) is 4.91. The molecule has 1 aromatic carbocycles. The van der Waals surface area contributed by atoms with Crippen LogP contribution < -0.4 is 0 Å². The first kappa shape index (κ1) is 17.3. The van der Waals surface area contributed by atoms with Crippen LogP contribution in [0, 0.1) is 5.92 Å². The summed E-state index contributed by atoms with van der Waals surface area (Å²) in [6.45, 7) is 3.74. The van der Waals surface area contributed by atoms with E-state index in [2.05, 4.69) is 4.90 Å². The Labute approximate surface area is 147 Å². The van der Waals surface area contributed by atoms with Crippen LogP contribution >= 0.6 is 12.4 Å². The summed E-state index contributed by atoms with van der Waals surface area (Å²) in [6, 6.07) is 9.50. The fourth-order valence-electron chi connectivity index (χ4n) is 3.27. The Morgan fingerprint density at radius 1 is 1.21 bits per heavy atom. The van der Waals surface area contributed by atoms with Crippen LogP contribution in [-0.2, 0) is 0 Å². The maximum Gasteiger partial charge on any atom is 0.289 e. The van der Waals surface area contributed by atoms with Gasteiger partial charge in [0.05, 0.1) is 6.10 Å². The Balaban J connectivity index is 0.00000169. The summed E-state index contributed by atoms with van der Waals surface area (Å²) in [4.78, 5) is 16.7. The van der Waals surface area contributed by atoms with E-state index in [1.54, 1.807) is 0 Å². The normalized spacial score (nSPS) is 20.0. The minimum Gasteiger partial charge on any atom is -0.451 e. The molecule has 0 radical (unpaired) electrons. The fourth-order valence-corrected chi connectivity index (χ4v) is 3.27. The molecule has 5 nitrogen and oxygen atoms in total. The van der Waals surface area contributed by atoms with Crippen molar-refractivity contribution in [3.63, 3.8) is 0 Å². The monoisotopic (exact) mass is 350 g/mol. The summed E-state index contributed by atoms with van der Waals surface area (Å²) >= 11 is 0. The molecule has 0 spiro atoms. The van der Waals surface area contributed by atoms with E-state index in [0.717, 1.165) is 43.4 Å². The van der Waals surface area contributed by atoms with Gasteiger partial charge in [-0.05, 0) is 30.9 Å². The molecular weight excluding hydrogens is 328 g/mol. The van der Waals surface area contributed by atoms with Crippen molar-refractivity contribution in [1.82, 2.24) is 9.80 Å². The van der Waals surface area contributed by atoms with Crippen LogP contribution in [0.4, 0.5) is 0 Å². The molecule has 2 aliphatic rings. The van der Waals surface area contributed by atoms with Crippen molar-refractivity contribution in [2.75, 3.05) is 32.7 Å². The van der Waals surface area contributed by atoms with Crippen LogP contribution in [-0.4, -0.2) is 59.6 Å². The van der Waals surface area contributed by atoms with Gasteiger partial charge in [0.1, 0.15) is 5.58 Å². The number of β-amino-alcohol motifs (C(OH)–C–C–N with tert-alkyl or cyclic N) is 1. The molecule has 0 bridgehead atoms. The number of benzene rings is 1. The molecule has 2 fully saturated rings. The van der Waals surface area contributed by atoms with Gasteiger partial charge in [-0.1, -0.05) is 18.2 Å². The van der Waals surface area contributed by atoms with Gasteiger partial charge in [-0.15, -0.1) is 12.4 Å². The van der Waals surface area contributed by atoms with Crippen LogP contribution in [0.15, 0.2) is 34.7 Å². The molecule has 6 heteroatoms. The summed E-state index contributed by atoms with van der Waals surface area (Å²) in [5.41, 5.74) is 0.752. The number of carbonyl (C=O) groups is 1. The van der Waals surface area contributed by atoms with Crippen LogP contribution in [0.25, 0.3) is 11.0 Å². The number of halogens is 1. The molecule has 1 saturated heterocycles. The maximum absolute atomic E-state index is 12.6. The summed E-state index contributed by atoms with van der Waals surface area (Å²) < 4.78 is 5.67. The molecule has 2 aromatic rings. The molecule has 4 rings (SSSR count). The number of furan rings is 1. The van der Waals surface area contributed by atoms with Gasteiger partial charge >= 0.3 is 0 Å². The third-order valence-corrected chi connectivity index (χ3v) is 4.91. The minimum absolute atomic E-state index is 0. The number of nitrogens with zero attached hydrogens (tertiary/aromatic N) is 2. The molecule has 1 aliphatic heterocycles. The lowest BCUT2D eigenvalue weighted by Gasteiger charge is -2.35. The summed E-state index contributed by atoms with van der Waals surface area (Å²) in [7, 11) is 0. The van der Waals surface area contributed by atoms with Crippen LogP contribution in [0.1, 0.15) is 23.4 Å². The van der Waals surface area contributed by atoms with Gasteiger partial charge in [0, 0.05) is 38.1 Å². The number of fused-ring (bicyclic) bond motifs is 1. The van der Waals surface area contributed by atoms with E-state index in [1.165, 1.54) is 0 Å². The standard InChI is InChI=1S/C18H22N2O3.ClH/c21-15(13-5-6-13)12-19-7-9-20(10-8-19)18(22)17-11-14-3-1-2-4-16(14)23-17;/h1-4,11,13,15,21H,5-10,12H2;1H. The number of para-hydroxylation sites is 1. The first-order chi connectivity index (χ1) is 11.2. The minimum atomic E-state index is -0.201. The van der Waals surface area contributed by atoms with Gasteiger partial charge in [0.25, 0.3) is 5.91 Å². The van der Waals surface area contributed by atoms with Crippen molar-refractivity contribution in [1.29, 1.82) is 0 Å². The van der Waals surface area contributed by atoms with Crippen molar-refractivity contribution in [3.8, 4) is 0 Å². The first-order valence-corrected chi connectivity index (χ1v) is 8.39. The SMILES string of the molecule is Cl.O=C(c1cc2ccccc2o1)N1CCN(CC(O)C2CC2)CC1. The Morgan fingerprint density at radius 3 is 2.58 bits per heavy atom. The molecule has 24 heavy (non-hydrogen) atoms. The van der Waals surface area contributed by atoms with E-state index >= 15 is 0 Å². The van der Waals surface area contributed by atoms with Crippen LogP contribution in [0.5, 0.6) is 0 Å². The predicted molar refractivity (Wildman–Crippen MR) is 94.5 cm³/mol. The molecule has 1 saturated carbocycles. The number of amides is 1. The van der Waals surface area contributed by atoms with E-state index in [-0.39, 0.29) is 24.4 Å². The topological polar surface area (TPSA) is 56.9 Å². The highest BCUT2D eigenvalue weighted by Gasteiger charge is 2.32.